The molecule has 1 fully saturated rings. The van der Waals surface area contributed by atoms with E-state index in [1.807, 2.05) is 37.5 Å². The Morgan fingerprint density at radius 1 is 1.03 bits per heavy atom. The SMILES string of the molecule is Cc1nc2c(F)cc(-c3nc(Nc4ccc(CN5CCNCC5)cc4)ncc3F)cc2n1C(C)C. The van der Waals surface area contributed by atoms with Gasteiger partial charge < -0.3 is 15.2 Å². The summed E-state index contributed by atoms with van der Waals surface area (Å²) in [6, 6.07) is 11.1. The normalized spacial score (nSPS) is 14.7. The van der Waals surface area contributed by atoms with Gasteiger partial charge in [0.2, 0.25) is 5.95 Å². The van der Waals surface area contributed by atoms with Crippen LogP contribution in [-0.4, -0.2) is 50.6 Å². The van der Waals surface area contributed by atoms with Crippen LogP contribution in [0, 0.1) is 18.6 Å². The lowest BCUT2D eigenvalue weighted by Crippen LogP contribution is -2.42. The molecule has 1 aliphatic rings. The zero-order chi connectivity index (χ0) is 24.5. The molecule has 35 heavy (non-hydrogen) atoms. The zero-order valence-electron chi connectivity index (χ0n) is 20.1. The lowest BCUT2D eigenvalue weighted by Gasteiger charge is -2.27. The molecule has 0 atom stereocenters. The summed E-state index contributed by atoms with van der Waals surface area (Å²) < 4.78 is 31.6. The van der Waals surface area contributed by atoms with E-state index in [0.717, 1.165) is 44.6 Å². The van der Waals surface area contributed by atoms with Gasteiger partial charge in [0.15, 0.2) is 11.6 Å². The van der Waals surface area contributed by atoms with Gasteiger partial charge in [0, 0.05) is 50.0 Å². The predicted octanol–water partition coefficient (Wildman–Crippen LogP) is 4.81. The first-order chi connectivity index (χ1) is 16.9. The smallest absolute Gasteiger partial charge is 0.227 e. The highest BCUT2D eigenvalue weighted by Crippen LogP contribution is 2.30. The molecule has 2 aromatic heterocycles. The molecule has 0 saturated carbocycles. The third-order valence-corrected chi connectivity index (χ3v) is 6.28. The first-order valence-corrected chi connectivity index (χ1v) is 11.9. The van der Waals surface area contributed by atoms with Gasteiger partial charge in [-0.25, -0.2) is 23.7 Å². The van der Waals surface area contributed by atoms with Gasteiger partial charge in [-0.2, -0.15) is 0 Å². The second kappa shape index (κ2) is 9.67. The number of nitrogens with one attached hydrogen (secondary N) is 2. The second-order valence-electron chi connectivity index (χ2n) is 9.19. The molecule has 3 heterocycles. The molecule has 0 spiro atoms. The van der Waals surface area contributed by atoms with Crippen LogP contribution in [0.15, 0.2) is 42.6 Å². The van der Waals surface area contributed by atoms with Crippen LogP contribution in [0.5, 0.6) is 0 Å². The highest BCUT2D eigenvalue weighted by molar-refractivity contribution is 5.83. The summed E-state index contributed by atoms with van der Waals surface area (Å²) in [5.74, 6) is -0.178. The molecule has 1 aliphatic heterocycles. The number of aromatic nitrogens is 4. The fourth-order valence-electron chi connectivity index (χ4n) is 4.64. The quantitative estimate of drug-likeness (QED) is 0.415. The van der Waals surface area contributed by atoms with E-state index >= 15 is 0 Å². The van der Waals surface area contributed by atoms with E-state index < -0.39 is 11.6 Å². The number of nitrogens with zero attached hydrogens (tertiary/aromatic N) is 5. The monoisotopic (exact) mass is 477 g/mol. The first kappa shape index (κ1) is 23.3. The van der Waals surface area contributed by atoms with Crippen molar-refractivity contribution in [3.05, 3.63) is 65.6 Å². The number of piperazine rings is 1. The molecule has 5 rings (SSSR count). The summed E-state index contributed by atoms with van der Waals surface area (Å²) in [5.41, 5.74) is 3.27. The van der Waals surface area contributed by atoms with Crippen LogP contribution in [0.1, 0.15) is 31.3 Å². The number of anilines is 2. The van der Waals surface area contributed by atoms with E-state index in [4.69, 9.17) is 0 Å². The molecule has 182 valence electrons. The van der Waals surface area contributed by atoms with E-state index in [0.29, 0.717) is 16.9 Å². The topological polar surface area (TPSA) is 70.9 Å². The fourth-order valence-corrected chi connectivity index (χ4v) is 4.64. The third-order valence-electron chi connectivity index (χ3n) is 6.28. The summed E-state index contributed by atoms with van der Waals surface area (Å²) >= 11 is 0. The standard InChI is InChI=1S/C26H29F2N7/c1-16(2)35-17(3)31-25-21(27)12-19(13-23(25)35)24-22(28)14-30-26(33-24)32-20-6-4-18(5-7-20)15-34-10-8-29-9-11-34/h4-7,12-14,16,29H,8-11,15H2,1-3H3,(H,30,32,33). The molecule has 4 aromatic rings. The molecular weight excluding hydrogens is 448 g/mol. The molecule has 0 aliphatic carbocycles. The molecule has 9 heteroatoms. The van der Waals surface area contributed by atoms with E-state index in [1.54, 1.807) is 6.07 Å². The predicted molar refractivity (Wildman–Crippen MR) is 134 cm³/mol. The molecular formula is C26H29F2N7. The highest BCUT2D eigenvalue weighted by atomic mass is 19.1. The minimum absolute atomic E-state index is 0.0350. The molecule has 0 amide bonds. The molecule has 7 nitrogen and oxygen atoms in total. The van der Waals surface area contributed by atoms with Gasteiger partial charge in [-0.15, -0.1) is 0 Å². The minimum atomic E-state index is -0.618. The van der Waals surface area contributed by atoms with Crippen molar-refractivity contribution < 1.29 is 8.78 Å². The molecule has 1 saturated heterocycles. The average molecular weight is 478 g/mol. The number of hydrogen-bond donors (Lipinski definition) is 2. The summed E-state index contributed by atoms with van der Waals surface area (Å²) in [7, 11) is 0. The summed E-state index contributed by atoms with van der Waals surface area (Å²) in [4.78, 5) is 15.2. The number of rotatable bonds is 6. The van der Waals surface area contributed by atoms with Crippen LogP contribution in [0.4, 0.5) is 20.4 Å². The second-order valence-corrected chi connectivity index (χ2v) is 9.19. The number of benzene rings is 2. The minimum Gasteiger partial charge on any atom is -0.326 e. The van der Waals surface area contributed by atoms with Gasteiger partial charge in [0.05, 0.1) is 11.7 Å². The van der Waals surface area contributed by atoms with Gasteiger partial charge >= 0.3 is 0 Å². The highest BCUT2D eigenvalue weighted by Gasteiger charge is 2.18. The Morgan fingerprint density at radius 2 is 1.77 bits per heavy atom. The molecule has 0 bridgehead atoms. The lowest BCUT2D eigenvalue weighted by atomic mass is 10.1. The Labute approximate surface area is 203 Å². The maximum Gasteiger partial charge on any atom is 0.227 e. The number of aryl methyl sites for hydroxylation is 1. The number of hydrogen-bond acceptors (Lipinski definition) is 6. The van der Waals surface area contributed by atoms with Crippen LogP contribution in [-0.2, 0) is 6.54 Å². The largest absolute Gasteiger partial charge is 0.326 e. The van der Waals surface area contributed by atoms with E-state index in [9.17, 15) is 8.78 Å². The van der Waals surface area contributed by atoms with Crippen molar-refractivity contribution in [3.8, 4) is 11.3 Å². The van der Waals surface area contributed by atoms with Crippen molar-refractivity contribution >= 4 is 22.7 Å². The first-order valence-electron chi connectivity index (χ1n) is 11.9. The zero-order valence-corrected chi connectivity index (χ0v) is 20.1. The van der Waals surface area contributed by atoms with Crippen LogP contribution < -0.4 is 10.6 Å². The molecule has 0 unspecified atom stereocenters. The van der Waals surface area contributed by atoms with Crippen molar-refractivity contribution in [1.82, 2.24) is 29.7 Å². The van der Waals surface area contributed by atoms with E-state index in [1.165, 1.54) is 11.6 Å². The Balaban J connectivity index is 1.40. The third kappa shape index (κ3) is 4.87. The maximum atomic E-state index is 14.9. The van der Waals surface area contributed by atoms with E-state index in [2.05, 4.69) is 42.6 Å². The maximum absolute atomic E-state index is 14.9. The van der Waals surface area contributed by atoms with Crippen LogP contribution in [0.25, 0.3) is 22.3 Å². The Morgan fingerprint density at radius 3 is 2.49 bits per heavy atom. The fraction of sp³-hybridized carbons (Fsp3) is 0.346. The number of imidazole rings is 1. The number of fused-ring (bicyclic) bond motifs is 1. The van der Waals surface area contributed by atoms with Crippen molar-refractivity contribution in [1.29, 1.82) is 0 Å². The van der Waals surface area contributed by atoms with Gasteiger partial charge in [0.25, 0.3) is 0 Å². The van der Waals surface area contributed by atoms with Crippen LogP contribution >= 0.6 is 0 Å². The summed E-state index contributed by atoms with van der Waals surface area (Å²) in [6.07, 6.45) is 1.11. The van der Waals surface area contributed by atoms with Crippen molar-refractivity contribution in [2.75, 3.05) is 31.5 Å². The Kier molecular flexibility index (Phi) is 6.44. The van der Waals surface area contributed by atoms with Gasteiger partial charge in [-0.3, -0.25) is 4.90 Å². The Bertz CT molecular complexity index is 1340. The summed E-state index contributed by atoms with van der Waals surface area (Å²) in [6.45, 7) is 10.8. The average Bonchev–Trinajstić information content (AvgIpc) is 3.19. The van der Waals surface area contributed by atoms with Crippen molar-refractivity contribution in [3.63, 3.8) is 0 Å². The molecule has 0 radical (unpaired) electrons. The molecule has 2 N–H and O–H groups in total. The summed E-state index contributed by atoms with van der Waals surface area (Å²) in [5, 5.41) is 6.49. The lowest BCUT2D eigenvalue weighted by molar-refractivity contribution is 0.233. The van der Waals surface area contributed by atoms with Gasteiger partial charge in [0.1, 0.15) is 17.0 Å². The van der Waals surface area contributed by atoms with Crippen LogP contribution in [0.3, 0.4) is 0 Å². The van der Waals surface area contributed by atoms with Crippen molar-refractivity contribution in [2.45, 2.75) is 33.4 Å². The van der Waals surface area contributed by atoms with Gasteiger partial charge in [-0.05, 0) is 50.6 Å². The Hall–Kier alpha value is -3.43. The van der Waals surface area contributed by atoms with Crippen molar-refractivity contribution in [2.24, 2.45) is 0 Å². The van der Waals surface area contributed by atoms with Gasteiger partial charge in [-0.1, -0.05) is 12.1 Å². The van der Waals surface area contributed by atoms with E-state index in [-0.39, 0.29) is 23.2 Å². The van der Waals surface area contributed by atoms with Crippen LogP contribution in [0.2, 0.25) is 0 Å². The number of halogens is 2. The molecule has 2 aromatic carbocycles.